The largest absolute Gasteiger partial charge is 0.371 e. The van der Waals surface area contributed by atoms with E-state index in [4.69, 9.17) is 34.8 Å². The van der Waals surface area contributed by atoms with Gasteiger partial charge in [-0.1, -0.05) is 45.1 Å². The molecule has 0 aliphatic heterocycles. The second-order valence-electron chi connectivity index (χ2n) is 3.23. The Morgan fingerprint density at radius 1 is 1.06 bits per heavy atom. The Hall–Kier alpha value is -0.260. The van der Waals surface area contributed by atoms with Crippen LogP contribution in [-0.2, 0) is 6.54 Å². The molecule has 0 saturated carbocycles. The van der Waals surface area contributed by atoms with Crippen LogP contribution in [0.25, 0.3) is 0 Å². The lowest BCUT2D eigenvalue weighted by atomic mass is 10.2. The zero-order chi connectivity index (χ0) is 12.4. The third kappa shape index (κ3) is 3.36. The van der Waals surface area contributed by atoms with Crippen LogP contribution in [0.4, 0.5) is 5.00 Å². The zero-order valence-electron chi connectivity index (χ0n) is 8.30. The molecule has 0 aliphatic carbocycles. The van der Waals surface area contributed by atoms with E-state index >= 15 is 0 Å². The topological polar surface area (TPSA) is 29.1 Å². The Morgan fingerprint density at radius 2 is 1.71 bits per heavy atom. The number of halogens is 3. The van der Waals surface area contributed by atoms with Crippen LogP contribution in [0.2, 0.25) is 15.1 Å². The minimum Gasteiger partial charge on any atom is -0.371 e. The molecule has 0 bridgehead atoms. The van der Waals surface area contributed by atoms with Crippen molar-refractivity contribution >= 4 is 60.5 Å². The lowest BCUT2D eigenvalue weighted by Crippen LogP contribution is -2.00. The van der Waals surface area contributed by atoms with Gasteiger partial charge in [-0.25, -0.2) is 0 Å². The van der Waals surface area contributed by atoms with Gasteiger partial charge in [0.05, 0.1) is 0 Å². The van der Waals surface area contributed by atoms with Crippen LogP contribution >= 0.6 is 55.5 Å². The second kappa shape index (κ2) is 5.59. The van der Waals surface area contributed by atoms with Crippen LogP contribution < -0.4 is 10.1 Å². The van der Waals surface area contributed by atoms with Gasteiger partial charge in [0.1, 0.15) is 10.0 Å². The van der Waals surface area contributed by atoms with Crippen molar-refractivity contribution in [1.29, 1.82) is 0 Å². The normalized spacial score (nSPS) is 10.5. The van der Waals surface area contributed by atoms with Gasteiger partial charge in [0.25, 0.3) is 4.74 Å². The molecule has 0 unspecified atom stereocenters. The van der Waals surface area contributed by atoms with E-state index in [1.807, 2.05) is 12.1 Å². The number of hydrogen-bond donors (Lipinski definition) is 1. The Kier molecular flexibility index (Phi) is 4.33. The Balaban J connectivity index is 2.12. The number of rotatable bonds is 3. The molecule has 0 fully saturated rings. The number of anilines is 1. The first-order valence-electron chi connectivity index (χ1n) is 4.54. The maximum atomic E-state index is 11.2. The fourth-order valence-electron chi connectivity index (χ4n) is 1.25. The first kappa shape index (κ1) is 13.2. The molecule has 1 heterocycles. The molecule has 0 radical (unpaired) electrons. The minimum atomic E-state index is -0.122. The van der Waals surface area contributed by atoms with E-state index in [0.717, 1.165) is 15.9 Å². The third-order valence-corrected chi connectivity index (χ3v) is 5.13. The van der Waals surface area contributed by atoms with Crippen molar-refractivity contribution in [2.24, 2.45) is 0 Å². The van der Waals surface area contributed by atoms with E-state index in [-0.39, 0.29) is 9.77 Å². The monoisotopic (exact) mass is 325 g/mol. The van der Waals surface area contributed by atoms with E-state index in [9.17, 15) is 4.79 Å². The standard InChI is InChI=1S/C10H6Cl3NOS2/c11-6-1-5(2-7(12)3-6)4-14-9-8(13)10(15)17-16-9/h1-3,14H,4H2. The highest BCUT2D eigenvalue weighted by Gasteiger charge is 2.07. The van der Waals surface area contributed by atoms with Crippen molar-refractivity contribution in [3.8, 4) is 0 Å². The molecule has 2 rings (SSSR count). The fraction of sp³-hybridized carbons (Fsp3) is 0.100. The molecule has 0 aliphatic rings. The predicted molar refractivity (Wildman–Crippen MR) is 77.3 cm³/mol. The summed E-state index contributed by atoms with van der Waals surface area (Å²) in [6, 6.07) is 5.29. The van der Waals surface area contributed by atoms with Crippen molar-refractivity contribution in [1.82, 2.24) is 0 Å². The molecule has 17 heavy (non-hydrogen) atoms. The summed E-state index contributed by atoms with van der Waals surface area (Å²) >= 11 is 17.6. The SMILES string of the molecule is O=c1ssc(NCc2cc(Cl)cc(Cl)c2)c1Cl. The van der Waals surface area contributed by atoms with Crippen molar-refractivity contribution in [2.45, 2.75) is 6.54 Å². The maximum absolute atomic E-state index is 11.2. The smallest absolute Gasteiger partial charge is 0.263 e. The summed E-state index contributed by atoms with van der Waals surface area (Å²) in [7, 11) is 2.44. The first-order chi connectivity index (χ1) is 8.06. The van der Waals surface area contributed by atoms with Gasteiger partial charge in [-0.05, 0) is 34.1 Å². The molecule has 1 aromatic heterocycles. The van der Waals surface area contributed by atoms with Crippen LogP contribution in [0.1, 0.15) is 5.56 Å². The minimum absolute atomic E-state index is 0.122. The maximum Gasteiger partial charge on any atom is 0.263 e. The van der Waals surface area contributed by atoms with Gasteiger partial charge in [0.15, 0.2) is 0 Å². The number of benzene rings is 1. The van der Waals surface area contributed by atoms with Gasteiger partial charge in [0.2, 0.25) is 0 Å². The molecule has 90 valence electrons. The van der Waals surface area contributed by atoms with Crippen LogP contribution in [0.3, 0.4) is 0 Å². The average Bonchev–Trinajstić information content (AvgIpc) is 2.56. The van der Waals surface area contributed by atoms with E-state index in [2.05, 4.69) is 5.32 Å². The van der Waals surface area contributed by atoms with E-state index in [1.165, 1.54) is 10.3 Å². The van der Waals surface area contributed by atoms with E-state index < -0.39 is 0 Å². The summed E-state index contributed by atoms with van der Waals surface area (Å²) < 4.78 is -0.122. The van der Waals surface area contributed by atoms with Crippen LogP contribution in [0.15, 0.2) is 23.0 Å². The molecule has 1 aromatic carbocycles. The number of nitrogens with one attached hydrogen (secondary N) is 1. The van der Waals surface area contributed by atoms with Crippen molar-refractivity contribution in [3.05, 3.63) is 48.4 Å². The summed E-state index contributed by atoms with van der Waals surface area (Å²) in [5, 5.41) is 5.17. The highest BCUT2D eigenvalue weighted by Crippen LogP contribution is 2.28. The molecule has 0 amide bonds. The molecule has 1 N–H and O–H groups in total. The van der Waals surface area contributed by atoms with Gasteiger partial charge in [-0.3, -0.25) is 4.79 Å². The molecule has 0 saturated heterocycles. The fourth-order valence-corrected chi connectivity index (χ4v) is 4.24. The molecular formula is C10H6Cl3NOS2. The quantitative estimate of drug-likeness (QED) is 0.825. The Bertz CT molecular complexity index is 573. The molecule has 2 aromatic rings. The molecular weight excluding hydrogens is 321 g/mol. The second-order valence-corrected chi connectivity index (χ2v) is 6.59. The van der Waals surface area contributed by atoms with Crippen LogP contribution in [0.5, 0.6) is 0 Å². The summed E-state index contributed by atoms with van der Waals surface area (Å²) in [6.45, 7) is 0.521. The van der Waals surface area contributed by atoms with E-state index in [1.54, 1.807) is 6.07 Å². The van der Waals surface area contributed by atoms with Gasteiger partial charge < -0.3 is 5.32 Å². The first-order valence-corrected chi connectivity index (χ1v) is 7.82. The molecule has 0 atom stereocenters. The lowest BCUT2D eigenvalue weighted by Gasteiger charge is -2.05. The third-order valence-electron chi connectivity index (χ3n) is 1.95. The zero-order valence-corrected chi connectivity index (χ0v) is 12.2. The van der Waals surface area contributed by atoms with Crippen LogP contribution in [-0.4, -0.2) is 0 Å². The summed E-state index contributed by atoms with van der Waals surface area (Å²) in [4.78, 5) is 11.2. The number of hydrogen-bond acceptors (Lipinski definition) is 4. The summed E-state index contributed by atoms with van der Waals surface area (Å²) in [5.41, 5.74) is 0.935. The van der Waals surface area contributed by atoms with Gasteiger partial charge in [-0.2, -0.15) is 0 Å². The van der Waals surface area contributed by atoms with Crippen molar-refractivity contribution in [3.63, 3.8) is 0 Å². The molecule has 7 heteroatoms. The van der Waals surface area contributed by atoms with Crippen LogP contribution in [0, 0.1) is 0 Å². The van der Waals surface area contributed by atoms with Crippen molar-refractivity contribution < 1.29 is 0 Å². The van der Waals surface area contributed by atoms with Gasteiger partial charge >= 0.3 is 0 Å². The van der Waals surface area contributed by atoms with Crippen molar-refractivity contribution in [2.75, 3.05) is 5.32 Å². The summed E-state index contributed by atoms with van der Waals surface area (Å²) in [6.07, 6.45) is 0. The predicted octanol–water partition coefficient (Wildman–Crippen LogP) is 4.74. The Labute approximate surface area is 120 Å². The molecule has 0 spiro atoms. The Morgan fingerprint density at radius 3 is 2.24 bits per heavy atom. The van der Waals surface area contributed by atoms with Gasteiger partial charge in [-0.15, -0.1) is 0 Å². The lowest BCUT2D eigenvalue weighted by molar-refractivity contribution is 1.16. The average molecular weight is 327 g/mol. The highest BCUT2D eigenvalue weighted by molar-refractivity contribution is 7.70. The van der Waals surface area contributed by atoms with E-state index in [0.29, 0.717) is 21.6 Å². The highest BCUT2D eigenvalue weighted by atomic mass is 35.5. The van der Waals surface area contributed by atoms with Gasteiger partial charge in [0, 0.05) is 16.6 Å². The summed E-state index contributed by atoms with van der Waals surface area (Å²) in [5.74, 6) is 0. The molecule has 2 nitrogen and oxygen atoms in total.